The third kappa shape index (κ3) is 3.98. The highest BCUT2D eigenvalue weighted by molar-refractivity contribution is 5.83. The first-order valence-corrected chi connectivity index (χ1v) is 6.26. The van der Waals surface area contributed by atoms with Gasteiger partial charge in [0.1, 0.15) is 11.4 Å². The van der Waals surface area contributed by atoms with Crippen LogP contribution < -0.4 is 0 Å². The Hall–Kier alpha value is -1.10. The molecule has 0 aliphatic carbocycles. The van der Waals surface area contributed by atoms with E-state index in [4.69, 9.17) is 9.47 Å². The van der Waals surface area contributed by atoms with E-state index in [1.54, 1.807) is 12.0 Å². The summed E-state index contributed by atoms with van der Waals surface area (Å²) in [6.07, 6.45) is 0.362. The molecule has 1 saturated heterocycles. The van der Waals surface area contributed by atoms with Gasteiger partial charge in [0.2, 0.25) is 0 Å². The molecule has 1 aliphatic rings. The molecule has 1 amide bonds. The van der Waals surface area contributed by atoms with E-state index in [0.717, 1.165) is 0 Å². The zero-order chi connectivity index (χ0) is 13.9. The fraction of sp³-hybridized carbons (Fsp3) is 0.846. The molecule has 1 aliphatic heterocycles. The van der Waals surface area contributed by atoms with Crippen molar-refractivity contribution in [1.82, 2.24) is 4.90 Å². The predicted octanol–water partition coefficient (Wildman–Crippen LogP) is 1.99. The molecule has 5 nitrogen and oxygen atoms in total. The molecule has 1 fully saturated rings. The highest BCUT2D eigenvalue weighted by Gasteiger charge is 2.37. The van der Waals surface area contributed by atoms with E-state index in [1.165, 1.54) is 0 Å². The lowest BCUT2D eigenvalue weighted by atomic mass is 9.96. The van der Waals surface area contributed by atoms with E-state index in [1.807, 2.05) is 27.7 Å². The fourth-order valence-electron chi connectivity index (χ4n) is 2.21. The van der Waals surface area contributed by atoms with Crippen LogP contribution in [0.1, 0.15) is 40.5 Å². The van der Waals surface area contributed by atoms with Crippen molar-refractivity contribution < 1.29 is 19.1 Å². The van der Waals surface area contributed by atoms with Crippen LogP contribution in [0.3, 0.4) is 0 Å². The number of hydrogen-bond donors (Lipinski definition) is 0. The van der Waals surface area contributed by atoms with Crippen molar-refractivity contribution in [2.24, 2.45) is 0 Å². The molecule has 0 unspecified atom stereocenters. The maximum Gasteiger partial charge on any atom is 0.410 e. The van der Waals surface area contributed by atoms with Gasteiger partial charge < -0.3 is 9.47 Å². The highest BCUT2D eigenvalue weighted by Crippen LogP contribution is 2.23. The number of ether oxygens (including phenoxy) is 2. The van der Waals surface area contributed by atoms with Crippen LogP contribution in [0.25, 0.3) is 0 Å². The summed E-state index contributed by atoms with van der Waals surface area (Å²) >= 11 is 0. The van der Waals surface area contributed by atoms with E-state index < -0.39 is 5.60 Å². The lowest BCUT2D eigenvalue weighted by molar-refractivity contribution is -0.125. The molecule has 104 valence electrons. The zero-order valence-corrected chi connectivity index (χ0v) is 11.9. The van der Waals surface area contributed by atoms with Crippen LogP contribution in [-0.2, 0) is 14.3 Å². The van der Waals surface area contributed by atoms with Crippen molar-refractivity contribution in [1.29, 1.82) is 0 Å². The van der Waals surface area contributed by atoms with E-state index in [9.17, 15) is 9.59 Å². The number of rotatable bonds is 2. The van der Waals surface area contributed by atoms with Crippen molar-refractivity contribution >= 4 is 11.9 Å². The smallest absolute Gasteiger partial charge is 0.410 e. The molecule has 0 aromatic carbocycles. The molecule has 0 bridgehead atoms. The number of methoxy groups -OCH3 is 1. The summed E-state index contributed by atoms with van der Waals surface area (Å²) in [5.74, 6) is 0.171. The van der Waals surface area contributed by atoms with Crippen LogP contribution in [0.4, 0.5) is 4.79 Å². The molecule has 0 radical (unpaired) electrons. The number of ketones is 1. The number of amides is 1. The van der Waals surface area contributed by atoms with Crippen molar-refractivity contribution in [3.8, 4) is 0 Å². The summed E-state index contributed by atoms with van der Waals surface area (Å²) in [6.45, 7) is 7.71. The summed E-state index contributed by atoms with van der Waals surface area (Å²) < 4.78 is 10.5. The normalized spacial score (nSPS) is 25.2. The predicted molar refractivity (Wildman–Crippen MR) is 67.4 cm³/mol. The molecular weight excluding hydrogens is 234 g/mol. The summed E-state index contributed by atoms with van der Waals surface area (Å²) in [5, 5.41) is 0. The second-order valence-corrected chi connectivity index (χ2v) is 5.79. The van der Waals surface area contributed by atoms with Crippen LogP contribution in [0, 0.1) is 0 Å². The minimum absolute atomic E-state index is 0.138. The molecule has 0 saturated carbocycles. The summed E-state index contributed by atoms with van der Waals surface area (Å²) in [4.78, 5) is 25.4. The number of nitrogens with zero attached hydrogens (tertiary/aromatic N) is 1. The summed E-state index contributed by atoms with van der Waals surface area (Å²) in [5.41, 5.74) is -0.532. The van der Waals surface area contributed by atoms with Crippen LogP contribution in [0.5, 0.6) is 0 Å². The minimum atomic E-state index is -0.532. The Morgan fingerprint density at radius 1 is 1.39 bits per heavy atom. The van der Waals surface area contributed by atoms with Crippen LogP contribution in [0.15, 0.2) is 0 Å². The van der Waals surface area contributed by atoms with Crippen molar-refractivity contribution in [2.75, 3.05) is 13.7 Å². The van der Waals surface area contributed by atoms with Gasteiger partial charge in [0, 0.05) is 26.0 Å². The minimum Gasteiger partial charge on any atom is -0.444 e. The SMILES string of the molecule is COC[C@@H]1CC(=O)C[C@H](C)N1C(=O)OC(C)(C)C. The van der Waals surface area contributed by atoms with Gasteiger partial charge in [-0.3, -0.25) is 9.69 Å². The summed E-state index contributed by atoms with van der Waals surface area (Å²) in [6, 6.07) is -0.359. The third-order valence-corrected chi connectivity index (χ3v) is 2.82. The van der Waals surface area contributed by atoms with Crippen LogP contribution >= 0.6 is 0 Å². The van der Waals surface area contributed by atoms with Gasteiger partial charge >= 0.3 is 6.09 Å². The molecule has 0 N–H and O–H groups in total. The maximum absolute atomic E-state index is 12.2. The van der Waals surface area contributed by atoms with Gasteiger partial charge in [-0.1, -0.05) is 0 Å². The van der Waals surface area contributed by atoms with Gasteiger partial charge in [0.25, 0.3) is 0 Å². The van der Waals surface area contributed by atoms with Gasteiger partial charge in [0.15, 0.2) is 0 Å². The number of carbonyl (C=O) groups excluding carboxylic acids is 2. The average Bonchev–Trinajstić information content (AvgIpc) is 2.13. The quantitative estimate of drug-likeness (QED) is 0.759. The monoisotopic (exact) mass is 257 g/mol. The Balaban J connectivity index is 2.80. The first kappa shape index (κ1) is 15.0. The van der Waals surface area contributed by atoms with Gasteiger partial charge in [-0.05, 0) is 27.7 Å². The standard InChI is InChI=1S/C13H23NO4/c1-9-6-11(15)7-10(8-17-5)14(9)12(16)18-13(2,3)4/h9-10H,6-8H2,1-5H3/t9-,10-/m0/s1. The average molecular weight is 257 g/mol. The van der Waals surface area contributed by atoms with Crippen LogP contribution in [0.2, 0.25) is 0 Å². The molecule has 1 heterocycles. The number of Topliss-reactive ketones (excluding diaryl/α,β-unsaturated/α-hetero) is 1. The number of hydrogen-bond acceptors (Lipinski definition) is 4. The number of likely N-dealkylation sites (tertiary alicyclic amines) is 1. The molecule has 0 spiro atoms. The lowest BCUT2D eigenvalue weighted by Gasteiger charge is -2.40. The Bertz CT molecular complexity index is 321. The maximum atomic E-state index is 12.2. The van der Waals surface area contributed by atoms with Gasteiger partial charge in [0.05, 0.1) is 12.6 Å². The first-order chi connectivity index (χ1) is 8.24. The Labute approximate surface area is 108 Å². The summed E-state index contributed by atoms with van der Waals surface area (Å²) in [7, 11) is 1.57. The fourth-order valence-corrected chi connectivity index (χ4v) is 2.21. The van der Waals surface area contributed by atoms with Gasteiger partial charge in [-0.25, -0.2) is 4.79 Å². The molecule has 0 aromatic rings. The Kier molecular flexibility index (Phi) is 4.73. The molecule has 0 aromatic heterocycles. The molecule has 5 heteroatoms. The van der Waals surface area contributed by atoms with E-state index >= 15 is 0 Å². The molecule has 2 atom stereocenters. The van der Waals surface area contributed by atoms with E-state index in [2.05, 4.69) is 0 Å². The second kappa shape index (κ2) is 5.69. The van der Waals surface area contributed by atoms with Crippen molar-refractivity contribution in [3.63, 3.8) is 0 Å². The van der Waals surface area contributed by atoms with Crippen LogP contribution in [-0.4, -0.2) is 48.2 Å². The van der Waals surface area contributed by atoms with Gasteiger partial charge in [-0.2, -0.15) is 0 Å². The van der Waals surface area contributed by atoms with Gasteiger partial charge in [-0.15, -0.1) is 0 Å². The highest BCUT2D eigenvalue weighted by atomic mass is 16.6. The molecule has 18 heavy (non-hydrogen) atoms. The second-order valence-electron chi connectivity index (χ2n) is 5.79. The zero-order valence-electron chi connectivity index (χ0n) is 11.9. The van der Waals surface area contributed by atoms with Crippen molar-refractivity contribution in [2.45, 2.75) is 58.2 Å². The third-order valence-electron chi connectivity index (χ3n) is 2.82. The molecular formula is C13H23NO4. The van der Waals surface area contributed by atoms with Crippen molar-refractivity contribution in [3.05, 3.63) is 0 Å². The number of piperidine rings is 1. The Morgan fingerprint density at radius 3 is 2.50 bits per heavy atom. The lowest BCUT2D eigenvalue weighted by Crippen LogP contribution is -2.54. The topological polar surface area (TPSA) is 55.8 Å². The first-order valence-electron chi connectivity index (χ1n) is 6.26. The Morgan fingerprint density at radius 2 is 2.00 bits per heavy atom. The number of carbonyl (C=O) groups is 2. The largest absolute Gasteiger partial charge is 0.444 e. The van der Waals surface area contributed by atoms with E-state index in [-0.39, 0.29) is 24.0 Å². The molecule has 1 rings (SSSR count). The van der Waals surface area contributed by atoms with E-state index in [0.29, 0.717) is 19.4 Å².